The second-order valence-electron chi connectivity index (χ2n) is 7.67. The van der Waals surface area contributed by atoms with E-state index >= 15 is 0 Å². The minimum absolute atomic E-state index is 0.110. The third-order valence-electron chi connectivity index (χ3n) is 5.77. The van der Waals surface area contributed by atoms with Crippen molar-refractivity contribution in [2.24, 2.45) is 0 Å². The fourth-order valence-electron chi connectivity index (χ4n) is 4.00. The Kier molecular flexibility index (Phi) is 6.16. The van der Waals surface area contributed by atoms with Crippen LogP contribution in [0.25, 0.3) is 5.52 Å². The number of fused-ring (bicyclic) bond motifs is 1. The average Bonchev–Trinajstić information content (AvgIpc) is 3.23. The van der Waals surface area contributed by atoms with Crippen molar-refractivity contribution in [3.63, 3.8) is 0 Å². The third kappa shape index (κ3) is 4.10. The van der Waals surface area contributed by atoms with E-state index in [9.17, 15) is 4.79 Å². The van der Waals surface area contributed by atoms with Crippen molar-refractivity contribution in [1.82, 2.24) is 19.3 Å². The van der Waals surface area contributed by atoms with E-state index < -0.39 is 0 Å². The van der Waals surface area contributed by atoms with Gasteiger partial charge in [0.25, 0.3) is 5.91 Å². The van der Waals surface area contributed by atoms with Crippen molar-refractivity contribution >= 4 is 23.2 Å². The van der Waals surface area contributed by atoms with Crippen LogP contribution in [-0.2, 0) is 0 Å². The highest BCUT2D eigenvalue weighted by Crippen LogP contribution is 2.23. The Morgan fingerprint density at radius 2 is 1.70 bits per heavy atom. The number of hydrogen-bond donors (Lipinski definition) is 0. The van der Waals surface area contributed by atoms with E-state index in [-0.39, 0.29) is 5.91 Å². The number of piperazine rings is 1. The second kappa shape index (κ2) is 9.15. The molecule has 4 rings (SSSR count). The lowest BCUT2D eigenvalue weighted by atomic mass is 10.2. The van der Waals surface area contributed by atoms with Crippen LogP contribution in [0.5, 0.6) is 0 Å². The summed E-state index contributed by atoms with van der Waals surface area (Å²) in [5.74, 6) is 2.03. The number of pyridine rings is 1. The summed E-state index contributed by atoms with van der Waals surface area (Å²) in [7, 11) is 0. The van der Waals surface area contributed by atoms with Crippen molar-refractivity contribution in [2.45, 2.75) is 26.7 Å². The van der Waals surface area contributed by atoms with Gasteiger partial charge in [0.15, 0.2) is 0 Å². The Balaban J connectivity index is 1.51. The summed E-state index contributed by atoms with van der Waals surface area (Å²) in [6.45, 7) is 9.27. The smallest absolute Gasteiger partial charge is 0.255 e. The number of nitrogens with zero attached hydrogens (tertiary/aromatic N) is 6. The van der Waals surface area contributed by atoms with Gasteiger partial charge in [-0.1, -0.05) is 13.3 Å². The summed E-state index contributed by atoms with van der Waals surface area (Å²) in [4.78, 5) is 28.3. The highest BCUT2D eigenvalue weighted by molar-refractivity contribution is 5.94. The molecule has 4 heterocycles. The van der Waals surface area contributed by atoms with E-state index in [1.165, 1.54) is 0 Å². The highest BCUT2D eigenvalue weighted by Gasteiger charge is 2.21. The Bertz CT molecular complexity index is 978. The Hall–Kier alpha value is -3.09. The van der Waals surface area contributed by atoms with Crippen LogP contribution in [0.4, 0.5) is 11.8 Å². The maximum absolute atomic E-state index is 13.0. The summed E-state index contributed by atoms with van der Waals surface area (Å²) in [6.07, 6.45) is 7.69. The van der Waals surface area contributed by atoms with Gasteiger partial charge in [-0.2, -0.15) is 0 Å². The normalized spacial score (nSPS) is 14.3. The standard InChI is InChI=1S/C23H30N6O/c1-3-5-13-26(4-2)22(30)19-7-8-20-9-10-21(29(20)18-19)27-14-16-28(17-15-27)23-24-11-6-12-25-23/h6-12,18H,3-5,13-17H2,1-2H3. The first-order valence-electron chi connectivity index (χ1n) is 10.9. The van der Waals surface area contributed by atoms with E-state index in [1.807, 2.05) is 36.2 Å². The molecule has 1 fully saturated rings. The van der Waals surface area contributed by atoms with Gasteiger partial charge in [-0.25, -0.2) is 9.97 Å². The molecule has 158 valence electrons. The summed E-state index contributed by atoms with van der Waals surface area (Å²) < 4.78 is 2.15. The quantitative estimate of drug-likeness (QED) is 0.602. The second-order valence-corrected chi connectivity index (χ2v) is 7.67. The van der Waals surface area contributed by atoms with E-state index in [0.29, 0.717) is 0 Å². The van der Waals surface area contributed by atoms with Crippen molar-refractivity contribution in [1.29, 1.82) is 0 Å². The molecular formula is C23H30N6O. The fourth-order valence-corrected chi connectivity index (χ4v) is 4.00. The van der Waals surface area contributed by atoms with Gasteiger partial charge in [0.1, 0.15) is 5.82 Å². The molecule has 0 unspecified atom stereocenters. The molecule has 3 aromatic rings. The molecule has 0 bridgehead atoms. The fraction of sp³-hybridized carbons (Fsp3) is 0.435. The number of aromatic nitrogens is 3. The largest absolute Gasteiger partial charge is 0.354 e. The van der Waals surface area contributed by atoms with Crippen LogP contribution in [0, 0.1) is 0 Å². The first-order valence-corrected chi connectivity index (χ1v) is 10.9. The number of anilines is 2. The van der Waals surface area contributed by atoms with E-state index in [1.54, 1.807) is 12.4 Å². The van der Waals surface area contributed by atoms with E-state index in [4.69, 9.17) is 0 Å². The minimum atomic E-state index is 0.110. The molecule has 1 aliphatic heterocycles. The van der Waals surface area contributed by atoms with E-state index in [2.05, 4.69) is 43.2 Å². The molecule has 1 aliphatic rings. The lowest BCUT2D eigenvalue weighted by molar-refractivity contribution is 0.0762. The van der Waals surface area contributed by atoms with Crippen LogP contribution in [0.1, 0.15) is 37.0 Å². The number of unbranched alkanes of at least 4 members (excludes halogenated alkanes) is 1. The zero-order chi connectivity index (χ0) is 20.9. The Labute approximate surface area is 177 Å². The van der Waals surface area contributed by atoms with Gasteiger partial charge in [-0.3, -0.25) is 4.79 Å². The molecule has 0 radical (unpaired) electrons. The topological polar surface area (TPSA) is 57.0 Å². The molecule has 1 saturated heterocycles. The first-order chi connectivity index (χ1) is 14.7. The number of carbonyl (C=O) groups excluding carboxylic acids is 1. The molecular weight excluding hydrogens is 376 g/mol. The summed E-state index contributed by atoms with van der Waals surface area (Å²) in [5, 5.41) is 0. The first kappa shape index (κ1) is 20.2. The Morgan fingerprint density at radius 3 is 2.40 bits per heavy atom. The minimum Gasteiger partial charge on any atom is -0.354 e. The molecule has 0 saturated carbocycles. The number of amides is 1. The number of rotatable bonds is 7. The van der Waals surface area contributed by atoms with Gasteiger partial charge >= 0.3 is 0 Å². The molecule has 0 atom stereocenters. The third-order valence-corrected chi connectivity index (χ3v) is 5.77. The highest BCUT2D eigenvalue weighted by atomic mass is 16.2. The molecule has 0 aliphatic carbocycles. The molecule has 3 aromatic heterocycles. The maximum atomic E-state index is 13.0. The van der Waals surface area contributed by atoms with Crippen LogP contribution in [-0.4, -0.2) is 64.4 Å². The molecule has 7 heteroatoms. The van der Waals surface area contributed by atoms with Crippen LogP contribution >= 0.6 is 0 Å². The molecule has 30 heavy (non-hydrogen) atoms. The molecule has 7 nitrogen and oxygen atoms in total. The molecule has 0 N–H and O–H groups in total. The van der Waals surface area contributed by atoms with Crippen LogP contribution in [0.15, 0.2) is 48.9 Å². The molecule has 0 spiro atoms. The molecule has 0 aromatic carbocycles. The average molecular weight is 407 g/mol. The predicted octanol–water partition coefficient (Wildman–Crippen LogP) is 3.32. The van der Waals surface area contributed by atoms with Gasteiger partial charge in [-0.05, 0) is 43.7 Å². The Morgan fingerprint density at radius 1 is 1.00 bits per heavy atom. The molecule has 1 amide bonds. The van der Waals surface area contributed by atoms with Gasteiger partial charge in [0.2, 0.25) is 5.95 Å². The monoisotopic (exact) mass is 406 g/mol. The van der Waals surface area contributed by atoms with Crippen molar-refractivity contribution < 1.29 is 4.79 Å². The summed E-state index contributed by atoms with van der Waals surface area (Å²) >= 11 is 0. The van der Waals surface area contributed by atoms with Gasteiger partial charge in [0, 0.05) is 63.4 Å². The zero-order valence-corrected chi connectivity index (χ0v) is 17.9. The van der Waals surface area contributed by atoms with Gasteiger partial charge < -0.3 is 19.1 Å². The van der Waals surface area contributed by atoms with Gasteiger partial charge in [0.05, 0.1) is 5.56 Å². The van der Waals surface area contributed by atoms with Crippen molar-refractivity contribution in [2.75, 3.05) is 49.1 Å². The van der Waals surface area contributed by atoms with Crippen molar-refractivity contribution in [3.8, 4) is 0 Å². The lowest BCUT2D eigenvalue weighted by Crippen LogP contribution is -2.47. The van der Waals surface area contributed by atoms with Crippen LogP contribution in [0.2, 0.25) is 0 Å². The van der Waals surface area contributed by atoms with Crippen LogP contribution in [0.3, 0.4) is 0 Å². The van der Waals surface area contributed by atoms with Crippen molar-refractivity contribution in [3.05, 3.63) is 54.5 Å². The van der Waals surface area contributed by atoms with Gasteiger partial charge in [-0.15, -0.1) is 0 Å². The SMILES string of the molecule is CCCCN(CC)C(=O)c1ccc2ccc(N3CCN(c4ncccn4)CC3)n2c1. The zero-order valence-electron chi connectivity index (χ0n) is 17.9. The van der Waals surface area contributed by atoms with Crippen LogP contribution < -0.4 is 9.80 Å². The number of carbonyl (C=O) groups is 1. The summed E-state index contributed by atoms with van der Waals surface area (Å²) in [5.41, 5.74) is 1.85. The summed E-state index contributed by atoms with van der Waals surface area (Å²) in [6, 6.07) is 10.1. The predicted molar refractivity (Wildman–Crippen MR) is 120 cm³/mol. The number of hydrogen-bond acceptors (Lipinski definition) is 5. The van der Waals surface area contributed by atoms with E-state index in [0.717, 1.165) is 75.0 Å². The maximum Gasteiger partial charge on any atom is 0.255 e. The lowest BCUT2D eigenvalue weighted by Gasteiger charge is -2.35.